The molecule has 0 bridgehead atoms. The standard InChI is InChI=1S/C17H34N2O/c1-7-10-15-18-16(13(5)9-3)17(20)19(15)14(6)11-12(4)8-2/h12-16,18H,7-11H2,1-6H3. The molecule has 1 aliphatic heterocycles. The molecule has 20 heavy (non-hydrogen) atoms. The van der Waals surface area contributed by atoms with Gasteiger partial charge in [-0.1, -0.05) is 53.9 Å². The van der Waals surface area contributed by atoms with E-state index < -0.39 is 0 Å². The molecule has 1 rings (SSSR count). The van der Waals surface area contributed by atoms with Crippen LogP contribution in [0.25, 0.3) is 0 Å². The van der Waals surface area contributed by atoms with Crippen LogP contribution < -0.4 is 5.32 Å². The van der Waals surface area contributed by atoms with Gasteiger partial charge in [-0.15, -0.1) is 0 Å². The fourth-order valence-electron chi connectivity index (χ4n) is 3.20. The predicted molar refractivity (Wildman–Crippen MR) is 85.5 cm³/mol. The van der Waals surface area contributed by atoms with Crippen LogP contribution in [0.1, 0.15) is 73.6 Å². The molecule has 3 nitrogen and oxygen atoms in total. The van der Waals surface area contributed by atoms with Crippen LogP contribution >= 0.6 is 0 Å². The Morgan fingerprint density at radius 2 is 1.80 bits per heavy atom. The maximum atomic E-state index is 12.8. The van der Waals surface area contributed by atoms with Crippen molar-refractivity contribution in [1.29, 1.82) is 0 Å². The van der Waals surface area contributed by atoms with E-state index in [1.54, 1.807) is 0 Å². The Morgan fingerprint density at radius 3 is 2.30 bits per heavy atom. The average molecular weight is 282 g/mol. The predicted octanol–water partition coefficient (Wildman–Crippen LogP) is 3.78. The average Bonchev–Trinajstić information content (AvgIpc) is 2.75. The van der Waals surface area contributed by atoms with E-state index >= 15 is 0 Å². The van der Waals surface area contributed by atoms with E-state index in [1.165, 1.54) is 6.42 Å². The van der Waals surface area contributed by atoms with E-state index in [1.807, 2.05) is 0 Å². The molecule has 0 saturated carbocycles. The van der Waals surface area contributed by atoms with Crippen molar-refractivity contribution in [2.45, 2.75) is 91.9 Å². The number of hydrogen-bond acceptors (Lipinski definition) is 2. The Morgan fingerprint density at radius 1 is 1.15 bits per heavy atom. The third kappa shape index (κ3) is 3.97. The summed E-state index contributed by atoms with van der Waals surface area (Å²) in [6, 6.07) is 0.367. The van der Waals surface area contributed by atoms with Crippen molar-refractivity contribution in [3.8, 4) is 0 Å². The lowest BCUT2D eigenvalue weighted by Crippen LogP contribution is -2.43. The summed E-state index contributed by atoms with van der Waals surface area (Å²) < 4.78 is 0. The van der Waals surface area contributed by atoms with E-state index in [0.29, 0.717) is 23.8 Å². The first-order valence-corrected chi connectivity index (χ1v) is 8.54. The summed E-state index contributed by atoms with van der Waals surface area (Å²) in [5.74, 6) is 1.43. The van der Waals surface area contributed by atoms with Crippen LogP contribution in [0.4, 0.5) is 0 Å². The van der Waals surface area contributed by atoms with E-state index in [2.05, 4.69) is 51.8 Å². The number of nitrogens with zero attached hydrogens (tertiary/aromatic N) is 1. The lowest BCUT2D eigenvalue weighted by molar-refractivity contribution is -0.133. The van der Waals surface area contributed by atoms with Gasteiger partial charge < -0.3 is 4.90 Å². The van der Waals surface area contributed by atoms with Crippen molar-refractivity contribution in [2.75, 3.05) is 0 Å². The second-order valence-corrected chi connectivity index (χ2v) is 6.68. The summed E-state index contributed by atoms with van der Waals surface area (Å²) in [6.07, 6.45) is 5.76. The molecular formula is C17H34N2O. The number of carbonyl (C=O) groups excluding carboxylic acids is 1. The molecule has 0 aromatic heterocycles. The topological polar surface area (TPSA) is 32.3 Å². The molecule has 5 unspecified atom stereocenters. The molecule has 0 spiro atoms. The minimum atomic E-state index is 0.0240. The van der Waals surface area contributed by atoms with Crippen molar-refractivity contribution in [2.24, 2.45) is 11.8 Å². The van der Waals surface area contributed by atoms with Crippen LogP contribution in [-0.4, -0.2) is 29.1 Å². The SMILES string of the molecule is CCCC1NC(C(C)CC)C(=O)N1C(C)CC(C)CC. The summed E-state index contributed by atoms with van der Waals surface area (Å²) in [6.45, 7) is 13.3. The lowest BCUT2D eigenvalue weighted by atomic mass is 9.97. The molecule has 5 atom stereocenters. The summed E-state index contributed by atoms with van der Waals surface area (Å²) in [5.41, 5.74) is 0. The van der Waals surface area contributed by atoms with Crippen molar-refractivity contribution < 1.29 is 4.79 Å². The fraction of sp³-hybridized carbons (Fsp3) is 0.941. The minimum absolute atomic E-state index is 0.0240. The van der Waals surface area contributed by atoms with Crippen LogP contribution in [-0.2, 0) is 4.79 Å². The zero-order valence-corrected chi connectivity index (χ0v) is 14.3. The van der Waals surface area contributed by atoms with Crippen LogP contribution in [0.3, 0.4) is 0 Å². The Bertz CT molecular complexity index is 305. The summed E-state index contributed by atoms with van der Waals surface area (Å²) in [5, 5.41) is 3.59. The lowest BCUT2D eigenvalue weighted by Gasteiger charge is -2.32. The first-order chi connectivity index (χ1) is 9.46. The van der Waals surface area contributed by atoms with Crippen molar-refractivity contribution in [1.82, 2.24) is 10.2 Å². The number of carbonyl (C=O) groups is 1. The van der Waals surface area contributed by atoms with E-state index in [-0.39, 0.29) is 12.2 Å². The van der Waals surface area contributed by atoms with Gasteiger partial charge in [0.1, 0.15) is 0 Å². The van der Waals surface area contributed by atoms with Gasteiger partial charge in [0.15, 0.2) is 0 Å². The van der Waals surface area contributed by atoms with Crippen LogP contribution in [0.2, 0.25) is 0 Å². The van der Waals surface area contributed by atoms with Gasteiger partial charge in [-0.3, -0.25) is 10.1 Å². The monoisotopic (exact) mass is 282 g/mol. The van der Waals surface area contributed by atoms with Gasteiger partial charge in [-0.25, -0.2) is 0 Å². The number of rotatable bonds is 8. The molecule has 0 aromatic carbocycles. The fourth-order valence-corrected chi connectivity index (χ4v) is 3.20. The van der Waals surface area contributed by atoms with E-state index in [4.69, 9.17) is 0 Å². The normalized spacial score (nSPS) is 27.7. The molecule has 0 radical (unpaired) electrons. The highest BCUT2D eigenvalue weighted by Gasteiger charge is 2.42. The first kappa shape index (κ1) is 17.5. The van der Waals surface area contributed by atoms with Crippen molar-refractivity contribution >= 4 is 5.91 Å². The van der Waals surface area contributed by atoms with Crippen molar-refractivity contribution in [3.63, 3.8) is 0 Å². The molecule has 1 heterocycles. The Hall–Kier alpha value is -0.570. The zero-order valence-electron chi connectivity index (χ0n) is 14.3. The number of amides is 1. The van der Waals surface area contributed by atoms with Gasteiger partial charge >= 0.3 is 0 Å². The molecule has 3 heteroatoms. The molecular weight excluding hydrogens is 248 g/mol. The molecule has 0 aromatic rings. The van der Waals surface area contributed by atoms with Crippen LogP contribution in [0.15, 0.2) is 0 Å². The molecule has 1 N–H and O–H groups in total. The highest BCUT2D eigenvalue weighted by Crippen LogP contribution is 2.26. The smallest absolute Gasteiger partial charge is 0.241 e. The van der Waals surface area contributed by atoms with Gasteiger partial charge in [0.2, 0.25) is 5.91 Å². The Labute approximate surface area is 125 Å². The molecule has 1 aliphatic rings. The molecule has 1 saturated heterocycles. The third-order valence-corrected chi connectivity index (χ3v) is 4.92. The quantitative estimate of drug-likeness (QED) is 0.734. The molecule has 118 valence electrons. The van der Waals surface area contributed by atoms with Crippen molar-refractivity contribution in [3.05, 3.63) is 0 Å². The zero-order chi connectivity index (χ0) is 15.3. The maximum Gasteiger partial charge on any atom is 0.241 e. The van der Waals surface area contributed by atoms with Gasteiger partial charge in [0.05, 0.1) is 12.2 Å². The van der Waals surface area contributed by atoms with E-state index in [9.17, 15) is 4.79 Å². The van der Waals surface area contributed by atoms with Crippen LogP contribution in [0.5, 0.6) is 0 Å². The summed E-state index contributed by atoms with van der Waals surface area (Å²) in [4.78, 5) is 14.9. The maximum absolute atomic E-state index is 12.8. The van der Waals surface area contributed by atoms with E-state index in [0.717, 1.165) is 25.7 Å². The second kappa shape index (κ2) is 8.02. The summed E-state index contributed by atoms with van der Waals surface area (Å²) >= 11 is 0. The Balaban J connectivity index is 2.80. The molecule has 1 fully saturated rings. The van der Waals surface area contributed by atoms with Gasteiger partial charge in [-0.05, 0) is 31.6 Å². The Kier molecular flexibility index (Phi) is 7.01. The van der Waals surface area contributed by atoms with Gasteiger partial charge in [-0.2, -0.15) is 0 Å². The first-order valence-electron chi connectivity index (χ1n) is 8.54. The minimum Gasteiger partial charge on any atom is -0.323 e. The number of hydrogen-bond donors (Lipinski definition) is 1. The summed E-state index contributed by atoms with van der Waals surface area (Å²) in [7, 11) is 0. The molecule has 0 aliphatic carbocycles. The van der Waals surface area contributed by atoms with Gasteiger partial charge in [0, 0.05) is 6.04 Å². The molecule has 1 amide bonds. The number of nitrogens with one attached hydrogen (secondary N) is 1. The van der Waals surface area contributed by atoms with Crippen LogP contribution in [0, 0.1) is 11.8 Å². The highest BCUT2D eigenvalue weighted by atomic mass is 16.2. The highest BCUT2D eigenvalue weighted by molar-refractivity contribution is 5.85. The third-order valence-electron chi connectivity index (χ3n) is 4.92. The van der Waals surface area contributed by atoms with Gasteiger partial charge in [0.25, 0.3) is 0 Å². The second-order valence-electron chi connectivity index (χ2n) is 6.68. The largest absolute Gasteiger partial charge is 0.323 e.